The molecule has 2 unspecified atom stereocenters. The van der Waals surface area contributed by atoms with Gasteiger partial charge in [0.1, 0.15) is 0 Å². The van der Waals surface area contributed by atoms with Crippen LogP contribution in [0.5, 0.6) is 0 Å². The molecule has 98 valence electrons. The number of fused-ring (bicyclic) bond motifs is 1. The largest absolute Gasteiger partial charge is 0.358 e. The van der Waals surface area contributed by atoms with E-state index in [9.17, 15) is 4.79 Å². The van der Waals surface area contributed by atoms with Crippen molar-refractivity contribution in [1.82, 2.24) is 10.6 Å². The molecule has 0 aliphatic heterocycles. The van der Waals surface area contributed by atoms with Gasteiger partial charge in [0.25, 0.3) is 0 Å². The summed E-state index contributed by atoms with van der Waals surface area (Å²) in [6, 6.07) is 8.95. The van der Waals surface area contributed by atoms with E-state index in [1.807, 2.05) is 0 Å². The summed E-state index contributed by atoms with van der Waals surface area (Å²) < 4.78 is 0. The average Bonchev–Trinajstić information content (AvgIpc) is 2.75. The van der Waals surface area contributed by atoms with Crippen LogP contribution in [-0.2, 0) is 11.2 Å². The molecule has 3 nitrogen and oxygen atoms in total. The molecule has 0 radical (unpaired) electrons. The summed E-state index contributed by atoms with van der Waals surface area (Å²) in [7, 11) is 1.69. The van der Waals surface area contributed by atoms with Crippen molar-refractivity contribution in [3.63, 3.8) is 0 Å². The zero-order chi connectivity index (χ0) is 13.0. The molecule has 2 atom stereocenters. The summed E-state index contributed by atoms with van der Waals surface area (Å²) in [5, 5.41) is 6.67. The summed E-state index contributed by atoms with van der Waals surface area (Å²) in [5.74, 6) is 0.642. The normalized spacial score (nSPS) is 21.7. The molecule has 1 aliphatic carbocycles. The van der Waals surface area contributed by atoms with Gasteiger partial charge in [-0.15, -0.1) is 11.8 Å². The van der Waals surface area contributed by atoms with E-state index in [0.29, 0.717) is 17.0 Å². The predicted octanol–water partition coefficient (Wildman–Crippen LogP) is 1.74. The second-order valence-corrected chi connectivity index (χ2v) is 5.69. The van der Waals surface area contributed by atoms with E-state index in [2.05, 4.69) is 41.8 Å². The monoisotopic (exact) mass is 264 g/mol. The van der Waals surface area contributed by atoms with Crippen LogP contribution in [0.1, 0.15) is 24.1 Å². The van der Waals surface area contributed by atoms with Crippen LogP contribution in [0.2, 0.25) is 0 Å². The summed E-state index contributed by atoms with van der Waals surface area (Å²) in [6.45, 7) is 3.08. The number of rotatable bonds is 5. The highest BCUT2D eigenvalue weighted by Gasteiger charge is 2.31. The maximum absolute atomic E-state index is 11.4. The molecule has 0 heterocycles. The SMILES string of the molecule is CCNC1c2ccccc2CC1SCC(=O)NC. The van der Waals surface area contributed by atoms with Crippen molar-refractivity contribution in [2.75, 3.05) is 19.3 Å². The van der Waals surface area contributed by atoms with Crippen LogP contribution in [0.4, 0.5) is 0 Å². The van der Waals surface area contributed by atoms with E-state index in [0.717, 1.165) is 13.0 Å². The first-order chi connectivity index (χ1) is 8.76. The summed E-state index contributed by atoms with van der Waals surface area (Å²) >= 11 is 1.75. The Hall–Kier alpha value is -1.00. The number of carbonyl (C=O) groups excluding carboxylic acids is 1. The third-order valence-corrected chi connectivity index (χ3v) is 4.61. The third kappa shape index (κ3) is 2.87. The first-order valence-corrected chi connectivity index (χ1v) is 7.44. The lowest BCUT2D eigenvalue weighted by Gasteiger charge is -2.20. The Morgan fingerprint density at radius 2 is 2.22 bits per heavy atom. The Morgan fingerprint density at radius 1 is 1.44 bits per heavy atom. The number of benzene rings is 1. The Kier molecular flexibility index (Phi) is 4.66. The summed E-state index contributed by atoms with van der Waals surface area (Å²) in [6.07, 6.45) is 1.05. The Labute approximate surface area is 113 Å². The van der Waals surface area contributed by atoms with E-state index < -0.39 is 0 Å². The van der Waals surface area contributed by atoms with Gasteiger partial charge in [0, 0.05) is 18.3 Å². The van der Waals surface area contributed by atoms with Gasteiger partial charge in [-0.05, 0) is 24.1 Å². The fourth-order valence-electron chi connectivity index (χ4n) is 2.43. The van der Waals surface area contributed by atoms with Crippen molar-refractivity contribution in [3.05, 3.63) is 35.4 Å². The lowest BCUT2D eigenvalue weighted by molar-refractivity contribution is -0.118. The minimum atomic E-state index is 0.103. The minimum absolute atomic E-state index is 0.103. The lowest BCUT2D eigenvalue weighted by Crippen LogP contribution is -2.29. The number of carbonyl (C=O) groups is 1. The molecule has 0 spiro atoms. The Morgan fingerprint density at radius 3 is 2.94 bits per heavy atom. The second-order valence-electron chi connectivity index (χ2n) is 4.46. The van der Waals surface area contributed by atoms with Gasteiger partial charge >= 0.3 is 0 Å². The molecule has 1 aromatic rings. The molecule has 0 fully saturated rings. The van der Waals surface area contributed by atoms with Crippen LogP contribution in [0.3, 0.4) is 0 Å². The van der Waals surface area contributed by atoms with Gasteiger partial charge in [-0.25, -0.2) is 0 Å². The second kappa shape index (κ2) is 6.25. The molecule has 2 rings (SSSR count). The molecular weight excluding hydrogens is 244 g/mol. The first kappa shape index (κ1) is 13.4. The van der Waals surface area contributed by atoms with Gasteiger partial charge in [-0.3, -0.25) is 4.79 Å². The summed E-state index contributed by atoms with van der Waals surface area (Å²) in [5.41, 5.74) is 2.81. The zero-order valence-electron chi connectivity index (χ0n) is 10.9. The van der Waals surface area contributed by atoms with Crippen molar-refractivity contribution in [1.29, 1.82) is 0 Å². The van der Waals surface area contributed by atoms with E-state index in [4.69, 9.17) is 0 Å². The van der Waals surface area contributed by atoms with Crippen molar-refractivity contribution in [3.8, 4) is 0 Å². The number of amides is 1. The van der Waals surface area contributed by atoms with Crippen LogP contribution in [-0.4, -0.2) is 30.5 Å². The number of nitrogens with one attached hydrogen (secondary N) is 2. The van der Waals surface area contributed by atoms with Gasteiger partial charge in [0.05, 0.1) is 5.75 Å². The number of thioether (sulfide) groups is 1. The van der Waals surface area contributed by atoms with E-state index >= 15 is 0 Å². The smallest absolute Gasteiger partial charge is 0.229 e. The highest BCUT2D eigenvalue weighted by Crippen LogP contribution is 2.38. The zero-order valence-corrected chi connectivity index (χ0v) is 11.7. The van der Waals surface area contributed by atoms with Crippen molar-refractivity contribution in [2.24, 2.45) is 0 Å². The third-order valence-electron chi connectivity index (χ3n) is 3.31. The molecule has 0 saturated carbocycles. The molecule has 0 saturated heterocycles. The fourth-order valence-corrected chi connectivity index (χ4v) is 3.67. The van der Waals surface area contributed by atoms with Crippen molar-refractivity contribution >= 4 is 17.7 Å². The van der Waals surface area contributed by atoms with E-state index in [-0.39, 0.29) is 5.91 Å². The highest BCUT2D eigenvalue weighted by molar-refractivity contribution is 8.00. The quantitative estimate of drug-likeness (QED) is 0.851. The molecule has 1 aliphatic rings. The van der Waals surface area contributed by atoms with Crippen LogP contribution < -0.4 is 10.6 Å². The van der Waals surface area contributed by atoms with Crippen LogP contribution in [0, 0.1) is 0 Å². The van der Waals surface area contributed by atoms with Gasteiger partial charge in [-0.1, -0.05) is 31.2 Å². The van der Waals surface area contributed by atoms with Gasteiger partial charge in [-0.2, -0.15) is 0 Å². The van der Waals surface area contributed by atoms with Crippen LogP contribution in [0.15, 0.2) is 24.3 Å². The molecule has 1 amide bonds. The minimum Gasteiger partial charge on any atom is -0.358 e. The highest BCUT2D eigenvalue weighted by atomic mass is 32.2. The molecule has 1 aromatic carbocycles. The van der Waals surface area contributed by atoms with Crippen LogP contribution >= 0.6 is 11.8 Å². The lowest BCUT2D eigenvalue weighted by atomic mass is 10.1. The molecular formula is C14H20N2OS. The van der Waals surface area contributed by atoms with E-state index in [1.54, 1.807) is 18.8 Å². The van der Waals surface area contributed by atoms with Gasteiger partial charge in [0.2, 0.25) is 5.91 Å². The first-order valence-electron chi connectivity index (χ1n) is 6.39. The van der Waals surface area contributed by atoms with Gasteiger partial charge < -0.3 is 10.6 Å². The molecule has 2 N–H and O–H groups in total. The number of hydrogen-bond acceptors (Lipinski definition) is 3. The molecule has 0 aromatic heterocycles. The Balaban J connectivity index is 2.06. The van der Waals surface area contributed by atoms with E-state index in [1.165, 1.54) is 11.1 Å². The summed E-state index contributed by atoms with van der Waals surface area (Å²) in [4.78, 5) is 11.4. The van der Waals surface area contributed by atoms with Crippen molar-refractivity contribution in [2.45, 2.75) is 24.6 Å². The molecule has 4 heteroatoms. The van der Waals surface area contributed by atoms with Crippen LogP contribution in [0.25, 0.3) is 0 Å². The molecule has 0 bridgehead atoms. The fraction of sp³-hybridized carbons (Fsp3) is 0.500. The predicted molar refractivity (Wildman–Crippen MR) is 76.9 cm³/mol. The maximum Gasteiger partial charge on any atom is 0.229 e. The molecule has 18 heavy (non-hydrogen) atoms. The average molecular weight is 264 g/mol. The van der Waals surface area contributed by atoms with Crippen molar-refractivity contribution < 1.29 is 4.79 Å². The maximum atomic E-state index is 11.4. The standard InChI is InChI=1S/C14H20N2OS/c1-3-16-14-11-7-5-4-6-10(11)8-12(14)18-9-13(17)15-2/h4-7,12,14,16H,3,8-9H2,1-2H3,(H,15,17). The van der Waals surface area contributed by atoms with Gasteiger partial charge in [0.15, 0.2) is 0 Å². The number of hydrogen-bond donors (Lipinski definition) is 2. The Bertz CT molecular complexity index is 422. The topological polar surface area (TPSA) is 41.1 Å².